The molecule has 2 rings (SSSR count). The van der Waals surface area contributed by atoms with Gasteiger partial charge in [-0.1, -0.05) is 6.07 Å². The second kappa shape index (κ2) is 6.47. The van der Waals surface area contributed by atoms with Crippen molar-refractivity contribution in [1.29, 1.82) is 0 Å². The highest BCUT2D eigenvalue weighted by Gasteiger charge is 2.09. The molecule has 0 saturated carbocycles. The first kappa shape index (κ1) is 14.4. The molecule has 0 aliphatic heterocycles. The van der Waals surface area contributed by atoms with Gasteiger partial charge in [-0.3, -0.25) is 0 Å². The molecule has 0 aliphatic carbocycles. The lowest BCUT2D eigenvalue weighted by Gasteiger charge is -2.07. The van der Waals surface area contributed by atoms with Crippen LogP contribution >= 0.6 is 0 Å². The maximum absolute atomic E-state index is 13.4. The van der Waals surface area contributed by atoms with Crippen molar-refractivity contribution in [3.8, 4) is 11.5 Å². The minimum absolute atomic E-state index is 0.202. The molecular formula is C14H11F2N3O2. The Bertz CT molecular complexity index is 672. The highest BCUT2D eigenvalue weighted by atomic mass is 19.2. The number of amides is 2. The zero-order valence-electron chi connectivity index (χ0n) is 10.7. The lowest BCUT2D eigenvalue weighted by molar-refractivity contribution is 0.249. The lowest BCUT2D eigenvalue weighted by Crippen LogP contribution is -2.24. The van der Waals surface area contributed by atoms with Gasteiger partial charge in [-0.15, -0.1) is 0 Å². The topological polar surface area (TPSA) is 76.7 Å². The predicted octanol–water partition coefficient (Wildman–Crippen LogP) is 2.76. The van der Waals surface area contributed by atoms with Crippen LogP contribution in [0.25, 0.3) is 0 Å². The molecule has 2 aromatic rings. The third kappa shape index (κ3) is 4.00. The van der Waals surface area contributed by atoms with E-state index in [4.69, 9.17) is 10.5 Å². The molecule has 0 unspecified atom stereocenters. The highest BCUT2D eigenvalue weighted by Crippen LogP contribution is 2.25. The van der Waals surface area contributed by atoms with E-state index in [1.54, 1.807) is 24.3 Å². The van der Waals surface area contributed by atoms with Gasteiger partial charge in [-0.2, -0.15) is 9.49 Å². The maximum Gasteiger partial charge on any atom is 0.332 e. The molecule has 0 aromatic heterocycles. The van der Waals surface area contributed by atoms with Gasteiger partial charge in [0.05, 0.1) is 6.21 Å². The Kier molecular flexibility index (Phi) is 4.45. The fraction of sp³-hybridized carbons (Fsp3) is 0. The summed E-state index contributed by atoms with van der Waals surface area (Å²) in [6.07, 6.45) is 1.37. The standard InChI is InChI=1S/C14H11F2N3O2/c15-11-2-1-3-12(13(11)16)21-10-6-4-9(5-7-10)8-18-19-14(17)20/h1-8H,(H3,17,19,20). The van der Waals surface area contributed by atoms with Gasteiger partial charge in [0, 0.05) is 0 Å². The molecule has 0 atom stereocenters. The fourth-order valence-corrected chi connectivity index (χ4v) is 1.48. The predicted molar refractivity (Wildman–Crippen MR) is 73.2 cm³/mol. The van der Waals surface area contributed by atoms with Crippen molar-refractivity contribution in [2.75, 3.05) is 0 Å². The van der Waals surface area contributed by atoms with Gasteiger partial charge >= 0.3 is 6.03 Å². The minimum atomic E-state index is -1.05. The summed E-state index contributed by atoms with van der Waals surface area (Å²) >= 11 is 0. The minimum Gasteiger partial charge on any atom is -0.454 e. The van der Waals surface area contributed by atoms with Gasteiger partial charge < -0.3 is 10.5 Å². The first-order chi connectivity index (χ1) is 10.1. The van der Waals surface area contributed by atoms with E-state index < -0.39 is 17.7 Å². The number of nitrogens with zero attached hydrogens (tertiary/aromatic N) is 1. The van der Waals surface area contributed by atoms with E-state index >= 15 is 0 Å². The Labute approximate surface area is 119 Å². The smallest absolute Gasteiger partial charge is 0.332 e. The second-order valence-corrected chi connectivity index (χ2v) is 3.96. The molecule has 3 N–H and O–H groups in total. The molecule has 0 spiro atoms. The van der Waals surface area contributed by atoms with Crippen molar-refractivity contribution in [1.82, 2.24) is 5.43 Å². The van der Waals surface area contributed by atoms with E-state index in [0.29, 0.717) is 11.3 Å². The Morgan fingerprint density at radius 3 is 2.57 bits per heavy atom. The molecule has 0 bridgehead atoms. The van der Waals surface area contributed by atoms with Gasteiger partial charge in [0.25, 0.3) is 0 Å². The number of hydrogen-bond donors (Lipinski definition) is 2. The van der Waals surface area contributed by atoms with Crippen LogP contribution in [-0.4, -0.2) is 12.2 Å². The summed E-state index contributed by atoms with van der Waals surface area (Å²) in [7, 11) is 0. The molecule has 0 fully saturated rings. The van der Waals surface area contributed by atoms with Gasteiger partial charge in [0.15, 0.2) is 11.6 Å². The molecule has 0 aliphatic rings. The van der Waals surface area contributed by atoms with Crippen molar-refractivity contribution in [2.24, 2.45) is 10.8 Å². The second-order valence-electron chi connectivity index (χ2n) is 3.96. The number of urea groups is 1. The molecule has 5 nitrogen and oxygen atoms in total. The number of ether oxygens (including phenoxy) is 1. The van der Waals surface area contributed by atoms with Crippen molar-refractivity contribution in [3.63, 3.8) is 0 Å². The Morgan fingerprint density at radius 1 is 1.19 bits per heavy atom. The first-order valence-electron chi connectivity index (χ1n) is 5.86. The van der Waals surface area contributed by atoms with Crippen LogP contribution in [0.2, 0.25) is 0 Å². The number of rotatable bonds is 4. The summed E-state index contributed by atoms with van der Waals surface area (Å²) < 4.78 is 31.7. The normalized spacial score (nSPS) is 10.6. The van der Waals surface area contributed by atoms with Crippen LogP contribution in [0.4, 0.5) is 13.6 Å². The molecule has 2 aromatic carbocycles. The van der Waals surface area contributed by atoms with Crippen molar-refractivity contribution in [2.45, 2.75) is 0 Å². The zero-order chi connectivity index (χ0) is 15.2. The van der Waals surface area contributed by atoms with Crippen LogP contribution in [0.1, 0.15) is 5.56 Å². The zero-order valence-corrected chi connectivity index (χ0v) is 10.7. The molecule has 0 heterocycles. The Balaban J connectivity index is 2.07. The van der Waals surface area contributed by atoms with Crippen LogP contribution in [0.5, 0.6) is 11.5 Å². The third-order valence-corrected chi connectivity index (χ3v) is 2.41. The van der Waals surface area contributed by atoms with Gasteiger partial charge in [-0.05, 0) is 42.0 Å². The number of carbonyl (C=O) groups is 1. The average molecular weight is 291 g/mol. The highest BCUT2D eigenvalue weighted by molar-refractivity contribution is 5.81. The average Bonchev–Trinajstić information content (AvgIpc) is 2.45. The van der Waals surface area contributed by atoms with E-state index in [0.717, 1.165) is 6.07 Å². The van der Waals surface area contributed by atoms with Gasteiger partial charge in [-0.25, -0.2) is 14.6 Å². The summed E-state index contributed by atoms with van der Waals surface area (Å²) in [5, 5.41) is 3.58. The SMILES string of the molecule is NC(=O)NN=Cc1ccc(Oc2cccc(F)c2F)cc1. The molecule has 7 heteroatoms. The number of hydrogen-bond acceptors (Lipinski definition) is 3. The molecular weight excluding hydrogens is 280 g/mol. The summed E-state index contributed by atoms with van der Waals surface area (Å²) in [5.74, 6) is -1.89. The van der Waals surface area contributed by atoms with Crippen LogP contribution in [-0.2, 0) is 0 Å². The summed E-state index contributed by atoms with van der Waals surface area (Å²) in [5.41, 5.74) is 7.55. The number of benzene rings is 2. The van der Waals surface area contributed by atoms with Crippen molar-refractivity contribution >= 4 is 12.2 Å². The molecule has 108 valence electrons. The molecule has 21 heavy (non-hydrogen) atoms. The van der Waals surface area contributed by atoms with Crippen LogP contribution in [0, 0.1) is 11.6 Å². The summed E-state index contributed by atoms with van der Waals surface area (Å²) in [4.78, 5) is 10.4. The van der Waals surface area contributed by atoms with E-state index in [1.165, 1.54) is 18.3 Å². The van der Waals surface area contributed by atoms with Crippen molar-refractivity contribution in [3.05, 3.63) is 59.7 Å². The Morgan fingerprint density at radius 2 is 1.90 bits per heavy atom. The molecule has 2 amide bonds. The van der Waals surface area contributed by atoms with E-state index in [1.807, 2.05) is 5.43 Å². The summed E-state index contributed by atoms with van der Waals surface area (Å²) in [6.45, 7) is 0. The number of nitrogens with two attached hydrogens (primary N) is 1. The number of halogens is 2. The molecule has 0 radical (unpaired) electrons. The molecule has 0 saturated heterocycles. The number of primary amides is 1. The van der Waals surface area contributed by atoms with E-state index in [2.05, 4.69) is 5.10 Å². The summed E-state index contributed by atoms with van der Waals surface area (Å²) in [6, 6.07) is 9.26. The monoisotopic (exact) mass is 291 g/mol. The fourth-order valence-electron chi connectivity index (χ4n) is 1.48. The van der Waals surface area contributed by atoms with Crippen LogP contribution in [0.3, 0.4) is 0 Å². The van der Waals surface area contributed by atoms with E-state index in [9.17, 15) is 13.6 Å². The van der Waals surface area contributed by atoms with Gasteiger partial charge in [0.2, 0.25) is 5.82 Å². The third-order valence-electron chi connectivity index (χ3n) is 2.41. The maximum atomic E-state index is 13.4. The van der Waals surface area contributed by atoms with Crippen LogP contribution in [0.15, 0.2) is 47.6 Å². The largest absolute Gasteiger partial charge is 0.454 e. The Hall–Kier alpha value is -2.96. The van der Waals surface area contributed by atoms with Gasteiger partial charge in [0.1, 0.15) is 5.75 Å². The van der Waals surface area contributed by atoms with E-state index in [-0.39, 0.29) is 5.75 Å². The number of hydrazone groups is 1. The number of carbonyl (C=O) groups excluding carboxylic acids is 1. The van der Waals surface area contributed by atoms with Crippen molar-refractivity contribution < 1.29 is 18.3 Å². The number of nitrogens with one attached hydrogen (secondary N) is 1. The lowest BCUT2D eigenvalue weighted by atomic mass is 10.2. The first-order valence-corrected chi connectivity index (χ1v) is 5.86. The quantitative estimate of drug-likeness (QED) is 0.671. The van der Waals surface area contributed by atoms with Crippen LogP contribution < -0.4 is 15.9 Å².